The van der Waals surface area contributed by atoms with E-state index in [1.54, 1.807) is 12.4 Å². The van der Waals surface area contributed by atoms with E-state index in [0.29, 0.717) is 3.79 Å². The lowest BCUT2D eigenvalue weighted by Gasteiger charge is -2.04. The predicted molar refractivity (Wildman–Crippen MR) is 53.5 cm³/mol. The Hall–Kier alpha value is -0.860. The van der Waals surface area contributed by atoms with Crippen molar-refractivity contribution in [3.63, 3.8) is 0 Å². The van der Waals surface area contributed by atoms with Crippen molar-refractivity contribution >= 4 is 33.2 Å². The maximum atomic E-state index is 11.3. The Balaban J connectivity index is 2.71. The molecule has 0 radical (unpaired) electrons. The van der Waals surface area contributed by atoms with E-state index < -0.39 is 12.1 Å². The highest BCUT2D eigenvalue weighted by atomic mass is 79.9. The molecular weight excluding hydrogens is 254 g/mol. The van der Waals surface area contributed by atoms with Crippen LogP contribution >= 0.6 is 27.3 Å². The fraction of sp³-hybridized carbons (Fsp3) is 0.250. The third kappa shape index (κ3) is 2.54. The number of terminal acetylenes is 1. The lowest BCUT2D eigenvalue weighted by Crippen LogP contribution is -2.13. The largest absolute Gasteiger partial charge is 0.445 e. The fourth-order valence-corrected chi connectivity index (χ4v) is 1.63. The minimum Gasteiger partial charge on any atom is -0.445 e. The molecule has 0 fully saturated rings. The van der Waals surface area contributed by atoms with Gasteiger partial charge in [-0.1, -0.05) is 5.92 Å². The average Bonchev–Trinajstić information content (AvgIpc) is 2.51. The highest BCUT2D eigenvalue weighted by Crippen LogP contribution is 2.21. The molecule has 0 amide bonds. The molecule has 1 atom stereocenters. The van der Waals surface area contributed by atoms with Crippen molar-refractivity contribution in [2.75, 3.05) is 0 Å². The molecule has 0 saturated heterocycles. The summed E-state index contributed by atoms with van der Waals surface area (Å²) in [6, 6.07) is 0. The van der Waals surface area contributed by atoms with Crippen molar-refractivity contribution in [3.05, 3.63) is 15.0 Å². The summed E-state index contributed by atoms with van der Waals surface area (Å²) in [5.74, 6) is 1.79. The van der Waals surface area contributed by atoms with Crippen LogP contribution in [-0.4, -0.2) is 17.1 Å². The molecule has 0 aromatic carbocycles. The Bertz CT molecular complexity index is 355. The number of hydrogen-bond acceptors (Lipinski definition) is 4. The number of hydrogen-bond donors (Lipinski definition) is 0. The molecule has 1 rings (SSSR count). The summed E-state index contributed by atoms with van der Waals surface area (Å²) < 4.78 is 5.52. The van der Waals surface area contributed by atoms with E-state index in [-0.39, 0.29) is 5.69 Å². The second kappa shape index (κ2) is 4.40. The second-order valence-electron chi connectivity index (χ2n) is 2.19. The molecule has 0 aliphatic rings. The van der Waals surface area contributed by atoms with Gasteiger partial charge in [0.15, 0.2) is 11.8 Å². The molecule has 0 aliphatic heterocycles. The number of ether oxygens (including phenoxy) is 1. The van der Waals surface area contributed by atoms with Crippen LogP contribution in [-0.2, 0) is 4.74 Å². The van der Waals surface area contributed by atoms with Gasteiger partial charge in [0.05, 0.1) is 5.51 Å². The summed E-state index contributed by atoms with van der Waals surface area (Å²) in [7, 11) is 0. The third-order valence-electron chi connectivity index (χ3n) is 1.24. The Morgan fingerprint density at radius 1 is 1.92 bits per heavy atom. The zero-order valence-electron chi connectivity index (χ0n) is 6.78. The van der Waals surface area contributed by atoms with Gasteiger partial charge >= 0.3 is 5.97 Å². The number of carbonyl (C=O) groups excluding carboxylic acids is 1. The van der Waals surface area contributed by atoms with Gasteiger partial charge in [-0.05, 0) is 22.9 Å². The molecular formula is C8H6BrNO2S. The lowest BCUT2D eigenvalue weighted by atomic mass is 10.4. The fourth-order valence-electron chi connectivity index (χ4n) is 0.615. The first kappa shape index (κ1) is 10.2. The van der Waals surface area contributed by atoms with E-state index in [0.717, 1.165) is 0 Å². The van der Waals surface area contributed by atoms with Gasteiger partial charge in [0.1, 0.15) is 3.79 Å². The van der Waals surface area contributed by atoms with Crippen molar-refractivity contribution in [1.29, 1.82) is 0 Å². The van der Waals surface area contributed by atoms with Crippen molar-refractivity contribution in [2.24, 2.45) is 0 Å². The zero-order valence-corrected chi connectivity index (χ0v) is 9.18. The minimum atomic E-state index is -0.527. The molecule has 3 nitrogen and oxygen atoms in total. The van der Waals surface area contributed by atoms with Crippen LogP contribution < -0.4 is 0 Å². The van der Waals surface area contributed by atoms with Gasteiger partial charge in [-0.25, -0.2) is 9.78 Å². The highest BCUT2D eigenvalue weighted by Gasteiger charge is 2.16. The van der Waals surface area contributed by atoms with Gasteiger partial charge in [0.2, 0.25) is 0 Å². The number of halogens is 1. The Morgan fingerprint density at radius 3 is 3.08 bits per heavy atom. The molecule has 68 valence electrons. The van der Waals surface area contributed by atoms with E-state index in [2.05, 4.69) is 26.8 Å². The van der Waals surface area contributed by atoms with Crippen molar-refractivity contribution < 1.29 is 9.53 Å². The van der Waals surface area contributed by atoms with Crippen molar-refractivity contribution in [1.82, 2.24) is 4.98 Å². The molecule has 5 heteroatoms. The van der Waals surface area contributed by atoms with Gasteiger partial charge in [0, 0.05) is 0 Å². The molecule has 0 saturated carbocycles. The number of thiazole rings is 1. The normalized spacial score (nSPS) is 11.8. The van der Waals surface area contributed by atoms with Gasteiger partial charge in [-0.3, -0.25) is 0 Å². The Kier molecular flexibility index (Phi) is 3.46. The molecule has 0 N–H and O–H groups in total. The highest BCUT2D eigenvalue weighted by molar-refractivity contribution is 9.11. The Labute approximate surface area is 88.3 Å². The van der Waals surface area contributed by atoms with Gasteiger partial charge < -0.3 is 4.74 Å². The van der Waals surface area contributed by atoms with Crippen LogP contribution in [0.25, 0.3) is 0 Å². The summed E-state index contributed by atoms with van der Waals surface area (Å²) in [5.41, 5.74) is 1.83. The topological polar surface area (TPSA) is 39.2 Å². The number of carbonyl (C=O) groups is 1. The molecule has 13 heavy (non-hydrogen) atoms. The van der Waals surface area contributed by atoms with Crippen LogP contribution in [0.4, 0.5) is 0 Å². The summed E-state index contributed by atoms with van der Waals surface area (Å²) >= 11 is 4.50. The minimum absolute atomic E-state index is 0.270. The maximum Gasteiger partial charge on any atom is 0.360 e. The van der Waals surface area contributed by atoms with E-state index in [1.807, 2.05) is 0 Å². The monoisotopic (exact) mass is 259 g/mol. The molecule has 1 unspecified atom stereocenters. The van der Waals surface area contributed by atoms with Crippen LogP contribution in [0.3, 0.4) is 0 Å². The van der Waals surface area contributed by atoms with E-state index in [9.17, 15) is 4.79 Å². The second-order valence-corrected chi connectivity index (χ2v) is 4.36. The molecule has 0 bridgehead atoms. The molecule has 0 spiro atoms. The maximum absolute atomic E-state index is 11.3. The molecule has 1 aromatic heterocycles. The first-order chi connectivity index (χ1) is 6.15. The third-order valence-corrected chi connectivity index (χ3v) is 2.78. The summed E-state index contributed by atoms with van der Waals surface area (Å²) in [6.07, 6.45) is 4.53. The predicted octanol–water partition coefficient (Wildman–Crippen LogP) is 2.08. The van der Waals surface area contributed by atoms with E-state index in [1.165, 1.54) is 11.3 Å². The summed E-state index contributed by atoms with van der Waals surface area (Å²) in [5, 5.41) is 0. The van der Waals surface area contributed by atoms with Gasteiger partial charge in [-0.2, -0.15) is 0 Å². The SMILES string of the molecule is C#CC(C)OC(=O)c1ncsc1Br. The van der Waals surface area contributed by atoms with E-state index in [4.69, 9.17) is 11.2 Å². The van der Waals surface area contributed by atoms with Crippen LogP contribution in [0.15, 0.2) is 9.30 Å². The lowest BCUT2D eigenvalue weighted by molar-refractivity contribution is 0.0431. The number of rotatable bonds is 2. The Morgan fingerprint density at radius 2 is 2.62 bits per heavy atom. The quantitative estimate of drug-likeness (QED) is 0.603. The summed E-state index contributed by atoms with van der Waals surface area (Å²) in [6.45, 7) is 1.62. The summed E-state index contributed by atoms with van der Waals surface area (Å²) in [4.78, 5) is 15.1. The van der Waals surface area contributed by atoms with Gasteiger partial charge in [0.25, 0.3) is 0 Å². The van der Waals surface area contributed by atoms with Crippen LogP contribution in [0.1, 0.15) is 17.4 Å². The van der Waals surface area contributed by atoms with Gasteiger partial charge in [-0.15, -0.1) is 17.8 Å². The first-order valence-corrected chi connectivity index (χ1v) is 5.08. The molecule has 1 aromatic rings. The number of nitrogens with zero attached hydrogens (tertiary/aromatic N) is 1. The van der Waals surface area contributed by atoms with Crippen molar-refractivity contribution in [3.8, 4) is 12.3 Å². The average molecular weight is 260 g/mol. The van der Waals surface area contributed by atoms with Crippen molar-refractivity contribution in [2.45, 2.75) is 13.0 Å². The van der Waals surface area contributed by atoms with Crippen LogP contribution in [0, 0.1) is 12.3 Å². The standard InChI is InChI=1S/C8H6BrNO2S/c1-3-5(2)12-8(11)6-7(9)13-4-10-6/h1,4-5H,2H3. The molecule has 1 heterocycles. The first-order valence-electron chi connectivity index (χ1n) is 3.41. The van der Waals surface area contributed by atoms with Crippen LogP contribution in [0.2, 0.25) is 0 Å². The molecule has 0 aliphatic carbocycles. The number of aromatic nitrogens is 1. The zero-order chi connectivity index (χ0) is 9.84. The smallest absolute Gasteiger partial charge is 0.360 e. The number of esters is 1. The van der Waals surface area contributed by atoms with E-state index >= 15 is 0 Å². The van der Waals surface area contributed by atoms with Crippen LogP contribution in [0.5, 0.6) is 0 Å².